The van der Waals surface area contributed by atoms with Crippen LogP contribution in [0.4, 0.5) is 0 Å². The zero-order chi connectivity index (χ0) is 19.4. The Morgan fingerprint density at radius 1 is 1.26 bits per heavy atom. The van der Waals surface area contributed by atoms with Crippen LogP contribution in [-0.2, 0) is 9.59 Å². The minimum absolute atomic E-state index is 0.000296. The number of hydrogen-bond acceptors (Lipinski definition) is 5. The lowest BCUT2D eigenvalue weighted by molar-refractivity contribution is -0.142. The smallest absolute Gasteiger partial charge is 0.308 e. The molecule has 7 nitrogen and oxygen atoms in total. The molecule has 0 saturated carbocycles. The lowest BCUT2D eigenvalue weighted by Gasteiger charge is -2.32. The Morgan fingerprint density at radius 2 is 1.96 bits per heavy atom. The van der Waals surface area contributed by atoms with E-state index < -0.39 is 11.9 Å². The van der Waals surface area contributed by atoms with Crippen molar-refractivity contribution in [3.63, 3.8) is 0 Å². The number of hydrogen-bond donors (Lipinski definition) is 2. The number of nitrogens with one attached hydrogen (secondary N) is 1. The fraction of sp³-hybridized carbons (Fsp3) is 0.600. The van der Waals surface area contributed by atoms with E-state index in [0.717, 1.165) is 31.5 Å². The van der Waals surface area contributed by atoms with E-state index in [-0.39, 0.29) is 18.4 Å². The van der Waals surface area contributed by atoms with Gasteiger partial charge in [0.2, 0.25) is 5.91 Å². The van der Waals surface area contributed by atoms with E-state index in [4.69, 9.17) is 4.74 Å². The summed E-state index contributed by atoms with van der Waals surface area (Å²) in [6, 6.07) is 7.88. The summed E-state index contributed by atoms with van der Waals surface area (Å²) in [6.07, 6.45) is 2.07. The van der Waals surface area contributed by atoms with E-state index >= 15 is 0 Å². The van der Waals surface area contributed by atoms with Crippen LogP contribution in [0, 0.1) is 5.92 Å². The summed E-state index contributed by atoms with van der Waals surface area (Å²) in [6.45, 7) is 2.94. The van der Waals surface area contributed by atoms with Crippen LogP contribution in [0.3, 0.4) is 0 Å². The van der Waals surface area contributed by atoms with Crippen molar-refractivity contribution in [2.45, 2.75) is 24.8 Å². The number of carbonyl (C=O) groups excluding carboxylic acids is 1. The van der Waals surface area contributed by atoms with Crippen LogP contribution in [0.1, 0.15) is 24.3 Å². The molecule has 2 fully saturated rings. The number of likely N-dealkylation sites (tertiary alicyclic amines) is 1. The Bertz CT molecular complexity index is 675. The molecule has 0 spiro atoms. The molecule has 7 heteroatoms. The number of rotatable bonds is 6. The summed E-state index contributed by atoms with van der Waals surface area (Å²) in [5.74, 6) is -1.07. The van der Waals surface area contributed by atoms with Gasteiger partial charge in [0.25, 0.3) is 0 Å². The Hall–Kier alpha value is -2.12. The van der Waals surface area contributed by atoms with Crippen molar-refractivity contribution in [2.24, 2.45) is 5.92 Å². The molecule has 1 aromatic rings. The van der Waals surface area contributed by atoms with Gasteiger partial charge in [0.05, 0.1) is 19.6 Å². The van der Waals surface area contributed by atoms with E-state index in [0.29, 0.717) is 24.9 Å². The monoisotopic (exact) mass is 375 g/mol. The molecule has 27 heavy (non-hydrogen) atoms. The number of ether oxygens (including phenoxy) is 1. The lowest BCUT2D eigenvalue weighted by atomic mass is 9.88. The average Bonchev–Trinajstić information content (AvgIpc) is 3.14. The normalized spacial score (nSPS) is 23.6. The summed E-state index contributed by atoms with van der Waals surface area (Å²) in [5, 5.41) is 13.0. The number of nitrogens with zero attached hydrogens (tertiary/aromatic N) is 2. The maximum atomic E-state index is 12.8. The van der Waals surface area contributed by atoms with Crippen LogP contribution in [-0.4, -0.2) is 79.7 Å². The Morgan fingerprint density at radius 3 is 2.63 bits per heavy atom. The number of amides is 1. The van der Waals surface area contributed by atoms with Gasteiger partial charge in [0.15, 0.2) is 0 Å². The molecule has 0 bridgehead atoms. The van der Waals surface area contributed by atoms with Gasteiger partial charge in [-0.15, -0.1) is 0 Å². The maximum Gasteiger partial charge on any atom is 0.308 e. The van der Waals surface area contributed by atoms with Crippen LogP contribution in [0.25, 0.3) is 0 Å². The average molecular weight is 375 g/mol. The molecule has 0 aliphatic carbocycles. The van der Waals surface area contributed by atoms with E-state index in [1.165, 1.54) is 0 Å². The van der Waals surface area contributed by atoms with Crippen molar-refractivity contribution in [3.8, 4) is 5.75 Å². The first-order chi connectivity index (χ1) is 13.0. The van der Waals surface area contributed by atoms with Crippen molar-refractivity contribution < 1.29 is 19.4 Å². The second-order valence-corrected chi connectivity index (χ2v) is 7.49. The van der Waals surface area contributed by atoms with E-state index in [2.05, 4.69) is 10.2 Å². The fourth-order valence-corrected chi connectivity index (χ4v) is 4.24. The largest absolute Gasteiger partial charge is 0.496 e. The molecule has 2 saturated heterocycles. The Kier molecular flexibility index (Phi) is 6.34. The number of benzene rings is 1. The highest BCUT2D eigenvalue weighted by molar-refractivity contribution is 5.81. The van der Waals surface area contributed by atoms with Gasteiger partial charge in [-0.1, -0.05) is 18.2 Å². The van der Waals surface area contributed by atoms with E-state index in [9.17, 15) is 14.7 Å². The molecule has 0 radical (unpaired) electrons. The molecule has 2 heterocycles. The first kappa shape index (κ1) is 19.6. The molecule has 148 valence electrons. The van der Waals surface area contributed by atoms with Crippen molar-refractivity contribution >= 4 is 11.9 Å². The number of carbonyl (C=O) groups is 2. The molecule has 0 unspecified atom stereocenters. The number of methoxy groups -OCH3 is 1. The third kappa shape index (κ3) is 4.42. The lowest BCUT2D eigenvalue weighted by Crippen LogP contribution is -2.46. The highest BCUT2D eigenvalue weighted by Gasteiger charge is 2.41. The standard InChI is InChI=1S/C20H29N3O4/c1-22(14-7-9-21-10-8-14)13-19(24)23-11-16(17(12-23)20(25)26)15-5-3-4-6-18(15)27-2/h3-6,14,16-17,21H,7-13H2,1-2H3,(H,25,26)/t16-,17+/m1/s1. The zero-order valence-corrected chi connectivity index (χ0v) is 16.1. The van der Waals surface area contributed by atoms with Crippen molar-refractivity contribution in [1.82, 2.24) is 15.1 Å². The van der Waals surface area contributed by atoms with Gasteiger partial charge in [-0.25, -0.2) is 0 Å². The predicted octanol–water partition coefficient (Wildman–Crippen LogP) is 1.01. The molecule has 2 aliphatic rings. The number of carboxylic acids is 1. The van der Waals surface area contributed by atoms with Gasteiger partial charge in [-0.05, 0) is 44.6 Å². The Balaban J connectivity index is 1.70. The fourth-order valence-electron chi connectivity index (χ4n) is 4.24. The SMILES string of the molecule is COc1ccccc1[C@H]1CN(C(=O)CN(C)C2CCNCC2)C[C@@H]1C(=O)O. The number of para-hydroxylation sites is 1. The molecule has 0 aromatic heterocycles. The quantitative estimate of drug-likeness (QED) is 0.772. The van der Waals surface area contributed by atoms with Crippen LogP contribution >= 0.6 is 0 Å². The van der Waals surface area contributed by atoms with Gasteiger partial charge in [-0.3, -0.25) is 14.5 Å². The summed E-state index contributed by atoms with van der Waals surface area (Å²) >= 11 is 0. The summed E-state index contributed by atoms with van der Waals surface area (Å²) in [5.41, 5.74) is 0.856. The third-order valence-corrected chi connectivity index (χ3v) is 5.84. The van der Waals surface area contributed by atoms with Crippen LogP contribution in [0.2, 0.25) is 0 Å². The van der Waals surface area contributed by atoms with E-state index in [1.807, 2.05) is 31.3 Å². The topological polar surface area (TPSA) is 82.1 Å². The molecule has 2 aliphatic heterocycles. The van der Waals surface area contributed by atoms with Crippen LogP contribution in [0.15, 0.2) is 24.3 Å². The first-order valence-electron chi connectivity index (χ1n) is 9.55. The summed E-state index contributed by atoms with van der Waals surface area (Å²) < 4.78 is 5.41. The minimum Gasteiger partial charge on any atom is -0.496 e. The number of aliphatic carboxylic acids is 1. The predicted molar refractivity (Wildman–Crippen MR) is 102 cm³/mol. The molecule has 1 amide bonds. The van der Waals surface area contributed by atoms with Gasteiger partial charge < -0.3 is 20.1 Å². The number of piperidine rings is 1. The highest BCUT2D eigenvalue weighted by Crippen LogP contribution is 2.37. The van der Waals surface area contributed by atoms with Gasteiger partial charge >= 0.3 is 5.97 Å². The van der Waals surface area contributed by atoms with Crippen molar-refractivity contribution in [1.29, 1.82) is 0 Å². The Labute approximate surface area is 160 Å². The molecule has 3 rings (SSSR count). The van der Waals surface area contributed by atoms with E-state index in [1.54, 1.807) is 12.0 Å². The first-order valence-corrected chi connectivity index (χ1v) is 9.55. The second-order valence-electron chi connectivity index (χ2n) is 7.49. The molecule has 1 aromatic carbocycles. The zero-order valence-electron chi connectivity index (χ0n) is 16.1. The third-order valence-electron chi connectivity index (χ3n) is 5.84. The molecule has 2 N–H and O–H groups in total. The van der Waals surface area contributed by atoms with Crippen molar-refractivity contribution in [2.75, 3.05) is 46.9 Å². The van der Waals surface area contributed by atoms with Crippen LogP contribution < -0.4 is 10.1 Å². The molecular weight excluding hydrogens is 346 g/mol. The summed E-state index contributed by atoms with van der Waals surface area (Å²) in [4.78, 5) is 28.5. The molecule has 2 atom stereocenters. The minimum atomic E-state index is -0.868. The summed E-state index contributed by atoms with van der Waals surface area (Å²) in [7, 11) is 3.57. The van der Waals surface area contributed by atoms with Crippen molar-refractivity contribution in [3.05, 3.63) is 29.8 Å². The van der Waals surface area contributed by atoms with Gasteiger partial charge in [0, 0.05) is 25.0 Å². The molecular formula is C20H29N3O4. The van der Waals surface area contributed by atoms with Gasteiger partial charge in [0.1, 0.15) is 5.75 Å². The van der Waals surface area contributed by atoms with Crippen LogP contribution in [0.5, 0.6) is 5.75 Å². The second kappa shape index (κ2) is 8.71. The number of likely N-dealkylation sites (N-methyl/N-ethyl adjacent to an activating group) is 1. The highest BCUT2D eigenvalue weighted by atomic mass is 16.5. The maximum absolute atomic E-state index is 12.8. The number of carboxylic acid groups (broad SMARTS) is 1. The van der Waals surface area contributed by atoms with Gasteiger partial charge in [-0.2, -0.15) is 0 Å².